The first kappa shape index (κ1) is 15.3. The molecule has 2 aliphatic rings. The van der Waals surface area contributed by atoms with Gasteiger partial charge in [-0.2, -0.15) is 0 Å². The Morgan fingerprint density at radius 2 is 1.95 bits per heavy atom. The SMILES string of the molecule is CC1CCN(C2(CN)CCCCC2C(C)C)C(C)C1. The van der Waals surface area contributed by atoms with Crippen LogP contribution in [0.15, 0.2) is 0 Å². The fourth-order valence-electron chi connectivity index (χ4n) is 5.00. The zero-order valence-electron chi connectivity index (χ0n) is 13.5. The first-order valence-corrected chi connectivity index (χ1v) is 8.48. The Kier molecular flexibility index (Phi) is 4.94. The lowest BCUT2D eigenvalue weighted by atomic mass is 9.65. The standard InChI is InChI=1S/C17H34N2/c1-13(2)16-7-5-6-9-17(16,12-18)19-10-8-14(3)11-15(19)4/h13-16H,5-12,18H2,1-4H3. The zero-order chi connectivity index (χ0) is 14.0. The van der Waals surface area contributed by atoms with Gasteiger partial charge >= 0.3 is 0 Å². The molecule has 1 heterocycles. The smallest absolute Gasteiger partial charge is 0.0365 e. The number of hydrogen-bond acceptors (Lipinski definition) is 2. The zero-order valence-corrected chi connectivity index (χ0v) is 13.5. The van der Waals surface area contributed by atoms with Crippen LogP contribution in [0.25, 0.3) is 0 Å². The van der Waals surface area contributed by atoms with Crippen molar-refractivity contribution >= 4 is 0 Å². The number of nitrogens with two attached hydrogens (primary N) is 1. The quantitative estimate of drug-likeness (QED) is 0.845. The minimum atomic E-state index is 0.298. The predicted octanol–water partition coefficient (Wildman–Crippen LogP) is 3.65. The lowest BCUT2D eigenvalue weighted by molar-refractivity contribution is -0.0582. The lowest BCUT2D eigenvalue weighted by Crippen LogP contribution is -2.65. The minimum Gasteiger partial charge on any atom is -0.329 e. The summed E-state index contributed by atoms with van der Waals surface area (Å²) in [7, 11) is 0. The third kappa shape index (κ3) is 2.85. The number of piperidine rings is 1. The first-order valence-electron chi connectivity index (χ1n) is 8.48. The summed E-state index contributed by atoms with van der Waals surface area (Å²) in [6.07, 6.45) is 8.20. The maximum absolute atomic E-state index is 6.35. The Balaban J connectivity index is 2.24. The van der Waals surface area contributed by atoms with Crippen LogP contribution in [-0.4, -0.2) is 29.6 Å². The van der Waals surface area contributed by atoms with Crippen LogP contribution in [0.5, 0.6) is 0 Å². The molecular weight excluding hydrogens is 232 g/mol. The molecule has 0 amide bonds. The summed E-state index contributed by atoms with van der Waals surface area (Å²) >= 11 is 0. The Labute approximate surface area is 120 Å². The van der Waals surface area contributed by atoms with E-state index in [0.29, 0.717) is 11.6 Å². The van der Waals surface area contributed by atoms with Gasteiger partial charge in [0.25, 0.3) is 0 Å². The van der Waals surface area contributed by atoms with Gasteiger partial charge < -0.3 is 5.73 Å². The van der Waals surface area contributed by atoms with Crippen LogP contribution >= 0.6 is 0 Å². The molecule has 112 valence electrons. The van der Waals surface area contributed by atoms with Crippen LogP contribution in [0, 0.1) is 17.8 Å². The predicted molar refractivity (Wildman–Crippen MR) is 83.1 cm³/mol. The lowest BCUT2D eigenvalue weighted by Gasteiger charge is -2.56. The number of nitrogens with zero attached hydrogens (tertiary/aromatic N) is 1. The molecule has 2 rings (SSSR count). The van der Waals surface area contributed by atoms with Gasteiger partial charge in [-0.05, 0) is 56.9 Å². The molecule has 1 saturated heterocycles. The molecule has 0 aromatic rings. The van der Waals surface area contributed by atoms with Gasteiger partial charge in [0.15, 0.2) is 0 Å². The Bertz CT molecular complexity index is 289. The molecular formula is C17H34N2. The summed E-state index contributed by atoms with van der Waals surface area (Å²) < 4.78 is 0. The average Bonchev–Trinajstić information content (AvgIpc) is 2.38. The van der Waals surface area contributed by atoms with Gasteiger partial charge in [-0.15, -0.1) is 0 Å². The third-order valence-electron chi connectivity index (χ3n) is 5.93. The molecule has 2 fully saturated rings. The molecule has 1 saturated carbocycles. The Morgan fingerprint density at radius 1 is 1.21 bits per heavy atom. The van der Waals surface area contributed by atoms with Gasteiger partial charge in [0.1, 0.15) is 0 Å². The minimum absolute atomic E-state index is 0.298. The van der Waals surface area contributed by atoms with Gasteiger partial charge in [-0.25, -0.2) is 0 Å². The van der Waals surface area contributed by atoms with Crippen LogP contribution in [0.4, 0.5) is 0 Å². The second-order valence-corrected chi connectivity index (χ2v) is 7.58. The molecule has 4 unspecified atom stereocenters. The molecule has 0 aromatic heterocycles. The number of rotatable bonds is 3. The molecule has 19 heavy (non-hydrogen) atoms. The highest BCUT2D eigenvalue weighted by atomic mass is 15.2. The Morgan fingerprint density at radius 3 is 2.53 bits per heavy atom. The molecule has 0 spiro atoms. The van der Waals surface area contributed by atoms with Gasteiger partial charge in [-0.1, -0.05) is 33.6 Å². The van der Waals surface area contributed by atoms with Gasteiger partial charge in [0, 0.05) is 18.1 Å². The molecule has 1 aliphatic carbocycles. The van der Waals surface area contributed by atoms with Crippen molar-refractivity contribution in [2.45, 2.75) is 77.8 Å². The van der Waals surface area contributed by atoms with E-state index in [9.17, 15) is 0 Å². The summed E-state index contributed by atoms with van der Waals surface area (Å²) in [5.41, 5.74) is 6.65. The maximum Gasteiger partial charge on any atom is 0.0365 e. The van der Waals surface area contributed by atoms with E-state index in [1.807, 2.05) is 0 Å². The van der Waals surface area contributed by atoms with Crippen LogP contribution in [0.1, 0.15) is 66.2 Å². The molecule has 0 aromatic carbocycles. The van der Waals surface area contributed by atoms with Crippen molar-refractivity contribution in [2.75, 3.05) is 13.1 Å². The van der Waals surface area contributed by atoms with Crippen LogP contribution < -0.4 is 5.73 Å². The monoisotopic (exact) mass is 266 g/mol. The normalized spacial score (nSPS) is 41.7. The van der Waals surface area contributed by atoms with Gasteiger partial charge in [0.2, 0.25) is 0 Å². The second-order valence-electron chi connectivity index (χ2n) is 7.58. The Hall–Kier alpha value is -0.0800. The van der Waals surface area contributed by atoms with Crippen molar-refractivity contribution < 1.29 is 0 Å². The van der Waals surface area contributed by atoms with E-state index in [1.54, 1.807) is 0 Å². The van der Waals surface area contributed by atoms with E-state index in [2.05, 4.69) is 32.6 Å². The molecule has 1 aliphatic heterocycles. The van der Waals surface area contributed by atoms with Gasteiger partial charge in [0.05, 0.1) is 0 Å². The molecule has 2 N–H and O–H groups in total. The van der Waals surface area contributed by atoms with Crippen molar-refractivity contribution in [1.29, 1.82) is 0 Å². The highest BCUT2D eigenvalue weighted by Gasteiger charge is 2.47. The van der Waals surface area contributed by atoms with Crippen molar-refractivity contribution in [2.24, 2.45) is 23.5 Å². The topological polar surface area (TPSA) is 29.3 Å². The largest absolute Gasteiger partial charge is 0.329 e. The van der Waals surface area contributed by atoms with Crippen molar-refractivity contribution in [3.05, 3.63) is 0 Å². The maximum atomic E-state index is 6.35. The number of likely N-dealkylation sites (tertiary alicyclic amines) is 1. The van der Waals surface area contributed by atoms with Crippen LogP contribution in [-0.2, 0) is 0 Å². The fourth-order valence-corrected chi connectivity index (χ4v) is 5.00. The summed E-state index contributed by atoms with van der Waals surface area (Å²) in [6.45, 7) is 11.8. The van der Waals surface area contributed by atoms with E-state index in [4.69, 9.17) is 5.73 Å². The van der Waals surface area contributed by atoms with Crippen LogP contribution in [0.2, 0.25) is 0 Å². The average molecular weight is 266 g/mol. The second kappa shape index (κ2) is 6.13. The highest BCUT2D eigenvalue weighted by molar-refractivity contribution is 5.03. The number of hydrogen-bond donors (Lipinski definition) is 1. The molecule has 0 radical (unpaired) electrons. The molecule has 4 atom stereocenters. The van der Waals surface area contributed by atoms with E-state index in [-0.39, 0.29) is 0 Å². The first-order chi connectivity index (χ1) is 9.01. The van der Waals surface area contributed by atoms with Gasteiger partial charge in [-0.3, -0.25) is 4.90 Å². The molecule has 0 bridgehead atoms. The van der Waals surface area contributed by atoms with Crippen molar-refractivity contribution in [3.63, 3.8) is 0 Å². The van der Waals surface area contributed by atoms with E-state index >= 15 is 0 Å². The van der Waals surface area contributed by atoms with Crippen molar-refractivity contribution in [1.82, 2.24) is 4.90 Å². The van der Waals surface area contributed by atoms with E-state index in [1.165, 1.54) is 45.1 Å². The van der Waals surface area contributed by atoms with E-state index < -0.39 is 0 Å². The molecule has 2 nitrogen and oxygen atoms in total. The summed E-state index contributed by atoms with van der Waals surface area (Å²) in [4.78, 5) is 2.82. The fraction of sp³-hybridized carbons (Fsp3) is 1.00. The van der Waals surface area contributed by atoms with Crippen LogP contribution in [0.3, 0.4) is 0 Å². The highest BCUT2D eigenvalue weighted by Crippen LogP contribution is 2.44. The van der Waals surface area contributed by atoms with E-state index in [0.717, 1.165) is 24.3 Å². The summed E-state index contributed by atoms with van der Waals surface area (Å²) in [5.74, 6) is 2.44. The molecule has 2 heteroatoms. The summed E-state index contributed by atoms with van der Waals surface area (Å²) in [5, 5.41) is 0. The summed E-state index contributed by atoms with van der Waals surface area (Å²) in [6, 6.07) is 0.714. The third-order valence-corrected chi connectivity index (χ3v) is 5.93. The van der Waals surface area contributed by atoms with Crippen molar-refractivity contribution in [3.8, 4) is 0 Å².